The molecule has 17 heavy (non-hydrogen) atoms. The number of aliphatic hydroxyl groups excluding tert-OH is 1. The fraction of sp³-hybridized carbons (Fsp3) is 0.231. The van der Waals surface area contributed by atoms with E-state index >= 15 is 0 Å². The molecule has 1 unspecified atom stereocenters. The first-order valence-electron chi connectivity index (χ1n) is 5.26. The molecule has 1 aliphatic rings. The number of thiol groups is 1. The van der Waals surface area contributed by atoms with Gasteiger partial charge in [0.15, 0.2) is 11.6 Å². The van der Waals surface area contributed by atoms with E-state index in [-0.39, 0.29) is 22.9 Å². The summed E-state index contributed by atoms with van der Waals surface area (Å²) in [6.45, 7) is 1.57. The van der Waals surface area contributed by atoms with Crippen LogP contribution in [0.2, 0.25) is 0 Å². The lowest BCUT2D eigenvalue weighted by Gasteiger charge is -2.21. The number of aliphatic hydroxyl groups is 1. The molecule has 1 atom stereocenters. The number of carbonyl (C=O) groups excluding carboxylic acids is 2. The van der Waals surface area contributed by atoms with E-state index in [0.717, 1.165) is 0 Å². The zero-order valence-corrected chi connectivity index (χ0v) is 10.2. The van der Waals surface area contributed by atoms with Crippen molar-refractivity contribution in [1.82, 2.24) is 0 Å². The Morgan fingerprint density at radius 1 is 1.18 bits per heavy atom. The van der Waals surface area contributed by atoms with E-state index in [0.29, 0.717) is 16.7 Å². The van der Waals surface area contributed by atoms with Crippen LogP contribution in [0.3, 0.4) is 0 Å². The second kappa shape index (κ2) is 4.47. The minimum absolute atomic E-state index is 0.119. The fourth-order valence-corrected chi connectivity index (χ4v) is 2.19. The largest absolute Gasteiger partial charge is 0.387 e. The van der Waals surface area contributed by atoms with Gasteiger partial charge in [0.1, 0.15) is 0 Å². The molecule has 2 rings (SSSR count). The topological polar surface area (TPSA) is 54.4 Å². The Balaban J connectivity index is 2.62. The zero-order valence-electron chi connectivity index (χ0n) is 9.30. The molecule has 0 fully saturated rings. The Kier molecular flexibility index (Phi) is 3.17. The van der Waals surface area contributed by atoms with Gasteiger partial charge in [-0.05, 0) is 6.92 Å². The molecule has 1 aromatic carbocycles. The van der Waals surface area contributed by atoms with Crippen molar-refractivity contribution in [2.45, 2.75) is 13.0 Å². The summed E-state index contributed by atoms with van der Waals surface area (Å²) in [6, 6.07) is 6.66. The van der Waals surface area contributed by atoms with Gasteiger partial charge in [0.05, 0.1) is 6.10 Å². The summed E-state index contributed by atoms with van der Waals surface area (Å²) in [5.41, 5.74) is 1.25. The Morgan fingerprint density at radius 2 is 1.71 bits per heavy atom. The van der Waals surface area contributed by atoms with Crippen LogP contribution in [-0.4, -0.2) is 28.5 Å². The average Bonchev–Trinajstić information content (AvgIpc) is 2.36. The lowest BCUT2D eigenvalue weighted by atomic mass is 9.83. The number of ketones is 2. The molecular formula is C13H12O3S. The van der Waals surface area contributed by atoms with Crippen LogP contribution < -0.4 is 0 Å². The SMILES string of the molecule is CC1=C(C(O)CS)C(=O)c2ccccc2C1=O. The van der Waals surface area contributed by atoms with Crippen LogP contribution >= 0.6 is 12.6 Å². The highest BCUT2D eigenvalue weighted by molar-refractivity contribution is 7.80. The third-order valence-corrected chi connectivity index (χ3v) is 3.26. The fourth-order valence-electron chi connectivity index (χ4n) is 2.01. The van der Waals surface area contributed by atoms with Crippen molar-refractivity contribution in [2.75, 3.05) is 5.75 Å². The van der Waals surface area contributed by atoms with Crippen LogP contribution in [0.4, 0.5) is 0 Å². The van der Waals surface area contributed by atoms with Crippen molar-refractivity contribution in [3.8, 4) is 0 Å². The molecule has 0 saturated heterocycles. The molecule has 1 N–H and O–H groups in total. The third-order valence-electron chi connectivity index (χ3n) is 2.91. The number of hydrogen-bond acceptors (Lipinski definition) is 4. The van der Waals surface area contributed by atoms with Gasteiger partial charge in [0, 0.05) is 28.0 Å². The van der Waals surface area contributed by atoms with Crippen LogP contribution in [0.5, 0.6) is 0 Å². The molecule has 0 bridgehead atoms. The number of rotatable bonds is 2. The molecule has 0 heterocycles. The number of benzene rings is 1. The van der Waals surface area contributed by atoms with Crippen molar-refractivity contribution in [3.63, 3.8) is 0 Å². The van der Waals surface area contributed by atoms with Gasteiger partial charge in [-0.2, -0.15) is 12.6 Å². The van der Waals surface area contributed by atoms with Crippen LogP contribution in [0, 0.1) is 0 Å². The van der Waals surface area contributed by atoms with Gasteiger partial charge in [-0.25, -0.2) is 0 Å². The predicted octanol–water partition coefficient (Wildman–Crippen LogP) is 1.67. The summed E-state index contributed by atoms with van der Waals surface area (Å²) in [6.07, 6.45) is -0.997. The molecule has 0 aliphatic heterocycles. The van der Waals surface area contributed by atoms with Gasteiger partial charge in [-0.15, -0.1) is 0 Å². The van der Waals surface area contributed by atoms with Crippen molar-refractivity contribution in [2.24, 2.45) is 0 Å². The van der Waals surface area contributed by atoms with Crippen LogP contribution in [0.25, 0.3) is 0 Å². The summed E-state index contributed by atoms with van der Waals surface area (Å²) in [7, 11) is 0. The Hall–Kier alpha value is -1.39. The van der Waals surface area contributed by atoms with E-state index < -0.39 is 6.10 Å². The lowest BCUT2D eigenvalue weighted by Crippen LogP contribution is -2.28. The molecule has 4 heteroatoms. The summed E-state index contributed by atoms with van der Waals surface area (Å²) >= 11 is 3.96. The average molecular weight is 248 g/mol. The smallest absolute Gasteiger partial charge is 0.192 e. The number of carbonyl (C=O) groups is 2. The molecule has 88 valence electrons. The maximum absolute atomic E-state index is 12.2. The van der Waals surface area contributed by atoms with E-state index in [1.807, 2.05) is 0 Å². The van der Waals surface area contributed by atoms with Crippen molar-refractivity contribution in [3.05, 3.63) is 46.5 Å². The highest BCUT2D eigenvalue weighted by atomic mass is 32.1. The second-order valence-corrected chi connectivity index (χ2v) is 4.31. The second-order valence-electron chi connectivity index (χ2n) is 3.94. The molecular weight excluding hydrogens is 236 g/mol. The normalized spacial score (nSPS) is 17.1. The summed E-state index contributed by atoms with van der Waals surface area (Å²) in [4.78, 5) is 24.2. The maximum Gasteiger partial charge on any atom is 0.192 e. The Labute approximate surface area is 105 Å². The first kappa shape index (κ1) is 12.1. The van der Waals surface area contributed by atoms with E-state index in [1.54, 1.807) is 31.2 Å². The molecule has 1 aromatic rings. The first-order valence-corrected chi connectivity index (χ1v) is 5.89. The summed E-state index contributed by atoms with van der Waals surface area (Å²) < 4.78 is 0. The first-order chi connectivity index (χ1) is 8.07. The monoisotopic (exact) mass is 248 g/mol. The minimum atomic E-state index is -0.997. The zero-order chi connectivity index (χ0) is 12.6. The van der Waals surface area contributed by atoms with Crippen molar-refractivity contribution < 1.29 is 14.7 Å². The van der Waals surface area contributed by atoms with Crippen LogP contribution in [0.15, 0.2) is 35.4 Å². The Morgan fingerprint density at radius 3 is 2.24 bits per heavy atom. The van der Waals surface area contributed by atoms with Crippen LogP contribution in [-0.2, 0) is 0 Å². The summed E-state index contributed by atoms with van der Waals surface area (Å²) in [5.74, 6) is -0.358. The molecule has 0 spiro atoms. The van der Waals surface area contributed by atoms with Gasteiger partial charge in [0.25, 0.3) is 0 Å². The highest BCUT2D eigenvalue weighted by Crippen LogP contribution is 2.28. The van der Waals surface area contributed by atoms with E-state index in [2.05, 4.69) is 12.6 Å². The van der Waals surface area contributed by atoms with Gasteiger partial charge < -0.3 is 5.11 Å². The Bertz CT molecular complexity index is 531. The van der Waals surface area contributed by atoms with E-state index in [4.69, 9.17) is 0 Å². The molecule has 3 nitrogen and oxygen atoms in total. The third kappa shape index (κ3) is 1.83. The number of allylic oxidation sites excluding steroid dienone is 1. The minimum Gasteiger partial charge on any atom is -0.387 e. The molecule has 0 aromatic heterocycles. The molecule has 0 radical (unpaired) electrons. The van der Waals surface area contributed by atoms with Gasteiger partial charge in [0.2, 0.25) is 0 Å². The molecule has 1 aliphatic carbocycles. The van der Waals surface area contributed by atoms with Crippen LogP contribution in [0.1, 0.15) is 27.6 Å². The van der Waals surface area contributed by atoms with E-state index in [1.165, 1.54) is 0 Å². The van der Waals surface area contributed by atoms with Gasteiger partial charge >= 0.3 is 0 Å². The quantitative estimate of drug-likeness (QED) is 0.783. The maximum atomic E-state index is 12.2. The number of hydrogen-bond donors (Lipinski definition) is 2. The number of Topliss-reactive ketones (excluding diaryl/α,β-unsaturated/α-hetero) is 2. The highest BCUT2D eigenvalue weighted by Gasteiger charge is 2.32. The van der Waals surface area contributed by atoms with E-state index in [9.17, 15) is 14.7 Å². The molecule has 0 saturated carbocycles. The van der Waals surface area contributed by atoms with Gasteiger partial charge in [-0.1, -0.05) is 24.3 Å². The van der Waals surface area contributed by atoms with Gasteiger partial charge in [-0.3, -0.25) is 9.59 Å². The number of fused-ring (bicyclic) bond motifs is 1. The van der Waals surface area contributed by atoms with Crippen molar-refractivity contribution >= 4 is 24.2 Å². The van der Waals surface area contributed by atoms with Crippen molar-refractivity contribution in [1.29, 1.82) is 0 Å². The summed E-state index contributed by atoms with van der Waals surface area (Å²) in [5, 5.41) is 9.76. The lowest BCUT2D eigenvalue weighted by molar-refractivity contribution is 0.0945. The molecule has 0 amide bonds. The predicted molar refractivity (Wildman–Crippen MR) is 67.7 cm³/mol. The standard InChI is InChI=1S/C13H12O3S/c1-7-11(10(14)6-17)13(16)9-5-3-2-4-8(9)12(7)15/h2-5,10,14,17H,6H2,1H3.